The molecule has 0 aliphatic rings. The maximum Gasteiger partial charge on any atom is 0.0178 e. The van der Waals surface area contributed by atoms with Crippen molar-refractivity contribution < 1.29 is 0 Å². The normalized spacial score (nSPS) is 12.0. The molecule has 1 rings (SSSR count). The first-order valence-corrected chi connectivity index (χ1v) is 5.31. The molecule has 0 aromatic heterocycles. The largest absolute Gasteiger partial charge is 0.328 e. The molecule has 1 aromatic rings. The van der Waals surface area contributed by atoms with Crippen molar-refractivity contribution in [2.24, 2.45) is 11.5 Å². The van der Waals surface area contributed by atoms with Crippen molar-refractivity contribution in [3.05, 3.63) is 48.0 Å². The molecule has 2 heteroatoms. The maximum atomic E-state index is 5.43. The summed E-state index contributed by atoms with van der Waals surface area (Å²) in [6, 6.07) is 10.3. The van der Waals surface area contributed by atoms with Gasteiger partial charge in [0.1, 0.15) is 0 Å². The van der Waals surface area contributed by atoms with Crippen LogP contribution in [0.3, 0.4) is 0 Å². The summed E-state index contributed by atoms with van der Waals surface area (Å²) in [6.07, 6.45) is 5.09. The van der Waals surface area contributed by atoms with Gasteiger partial charge in [0.25, 0.3) is 0 Å². The van der Waals surface area contributed by atoms with Gasteiger partial charge in [0.05, 0.1) is 0 Å². The highest BCUT2D eigenvalue weighted by Gasteiger charge is 1.83. The molecule has 0 amide bonds. The van der Waals surface area contributed by atoms with Gasteiger partial charge in [0.15, 0.2) is 0 Å². The molecular weight excluding hydrogens is 184 g/mol. The van der Waals surface area contributed by atoms with Crippen LogP contribution in [-0.4, -0.2) is 6.04 Å². The van der Waals surface area contributed by atoms with Gasteiger partial charge in [-0.25, -0.2) is 0 Å². The smallest absolute Gasteiger partial charge is 0.0178 e. The predicted molar refractivity (Wildman–Crippen MR) is 67.4 cm³/mol. The fourth-order valence-corrected chi connectivity index (χ4v) is 0.965. The predicted octanol–water partition coefficient (Wildman–Crippen LogP) is 2.45. The van der Waals surface area contributed by atoms with E-state index in [1.54, 1.807) is 0 Å². The van der Waals surface area contributed by atoms with Gasteiger partial charge in [-0.2, -0.15) is 0 Å². The lowest BCUT2D eigenvalue weighted by Gasteiger charge is -1.94. The van der Waals surface area contributed by atoms with Crippen molar-refractivity contribution in [2.45, 2.75) is 32.9 Å². The SMILES string of the molecule is C/C=C/CC(C)N.NCc1ccccc1. The third kappa shape index (κ3) is 9.19. The Bertz CT molecular complexity index is 252. The summed E-state index contributed by atoms with van der Waals surface area (Å²) in [5.41, 5.74) is 12.0. The molecule has 0 radical (unpaired) electrons. The minimum Gasteiger partial charge on any atom is -0.328 e. The summed E-state index contributed by atoms with van der Waals surface area (Å²) >= 11 is 0. The number of rotatable bonds is 3. The maximum absolute atomic E-state index is 5.43. The van der Waals surface area contributed by atoms with Crippen LogP contribution in [0.4, 0.5) is 0 Å². The molecule has 15 heavy (non-hydrogen) atoms. The lowest BCUT2D eigenvalue weighted by molar-refractivity contribution is 0.756. The lowest BCUT2D eigenvalue weighted by atomic mass is 10.2. The second-order valence-electron chi connectivity index (χ2n) is 3.47. The van der Waals surface area contributed by atoms with E-state index in [1.165, 1.54) is 5.56 Å². The van der Waals surface area contributed by atoms with E-state index >= 15 is 0 Å². The molecule has 0 saturated heterocycles. The van der Waals surface area contributed by atoms with E-state index in [4.69, 9.17) is 11.5 Å². The summed E-state index contributed by atoms with van der Waals surface area (Å²) in [5.74, 6) is 0. The highest BCUT2D eigenvalue weighted by Crippen LogP contribution is 1.94. The molecule has 0 fully saturated rings. The Morgan fingerprint density at radius 2 is 1.87 bits per heavy atom. The minimum absolute atomic E-state index is 0.316. The fraction of sp³-hybridized carbons (Fsp3) is 0.385. The zero-order chi connectivity index (χ0) is 11.5. The molecule has 0 heterocycles. The van der Waals surface area contributed by atoms with Gasteiger partial charge < -0.3 is 11.5 Å². The van der Waals surface area contributed by atoms with E-state index in [-0.39, 0.29) is 0 Å². The summed E-state index contributed by atoms with van der Waals surface area (Å²) in [7, 11) is 0. The Kier molecular flexibility index (Phi) is 8.73. The van der Waals surface area contributed by atoms with E-state index in [1.807, 2.05) is 50.3 Å². The number of benzene rings is 1. The van der Waals surface area contributed by atoms with Crippen molar-refractivity contribution in [2.75, 3.05) is 0 Å². The van der Waals surface area contributed by atoms with E-state index in [0.717, 1.165) is 6.42 Å². The van der Waals surface area contributed by atoms with Crippen molar-refractivity contribution in [1.29, 1.82) is 0 Å². The molecule has 4 N–H and O–H groups in total. The number of nitrogens with two attached hydrogens (primary N) is 2. The van der Waals surface area contributed by atoms with Gasteiger partial charge >= 0.3 is 0 Å². The van der Waals surface area contributed by atoms with Crippen LogP contribution in [0, 0.1) is 0 Å². The lowest BCUT2D eigenvalue weighted by Crippen LogP contribution is -2.12. The molecule has 1 atom stereocenters. The summed E-state index contributed by atoms with van der Waals surface area (Å²) < 4.78 is 0. The van der Waals surface area contributed by atoms with Gasteiger partial charge in [0.2, 0.25) is 0 Å². The first kappa shape index (κ1) is 13.9. The summed E-state index contributed by atoms with van der Waals surface area (Å²) in [4.78, 5) is 0. The Morgan fingerprint density at radius 3 is 2.13 bits per heavy atom. The van der Waals surface area contributed by atoms with E-state index in [9.17, 15) is 0 Å². The number of hydrogen-bond acceptors (Lipinski definition) is 2. The second-order valence-corrected chi connectivity index (χ2v) is 3.47. The van der Waals surface area contributed by atoms with Gasteiger partial charge in [-0.05, 0) is 25.8 Å². The van der Waals surface area contributed by atoms with Crippen molar-refractivity contribution in [1.82, 2.24) is 0 Å². The quantitative estimate of drug-likeness (QED) is 0.746. The first-order chi connectivity index (χ1) is 7.20. The van der Waals surface area contributed by atoms with Gasteiger partial charge in [0, 0.05) is 12.6 Å². The van der Waals surface area contributed by atoms with E-state index < -0.39 is 0 Å². The monoisotopic (exact) mass is 206 g/mol. The molecule has 1 unspecified atom stereocenters. The molecule has 1 aromatic carbocycles. The van der Waals surface area contributed by atoms with Crippen LogP contribution in [0.5, 0.6) is 0 Å². The molecule has 0 bridgehead atoms. The Labute approximate surface area is 93.0 Å². The van der Waals surface area contributed by atoms with Crippen LogP contribution in [0.2, 0.25) is 0 Å². The Hall–Kier alpha value is -1.12. The third-order valence-electron chi connectivity index (χ3n) is 1.82. The van der Waals surface area contributed by atoms with Crippen LogP contribution in [0.1, 0.15) is 25.8 Å². The van der Waals surface area contributed by atoms with Crippen molar-refractivity contribution in [3.63, 3.8) is 0 Å². The van der Waals surface area contributed by atoms with Crippen LogP contribution in [0.15, 0.2) is 42.5 Å². The average molecular weight is 206 g/mol. The van der Waals surface area contributed by atoms with Gasteiger partial charge in [-0.3, -0.25) is 0 Å². The molecule has 84 valence electrons. The molecular formula is C13H22N2. The number of allylic oxidation sites excluding steroid dienone is 1. The Balaban J connectivity index is 0.000000265. The van der Waals surface area contributed by atoms with Crippen LogP contribution < -0.4 is 11.5 Å². The molecule has 0 spiro atoms. The first-order valence-electron chi connectivity index (χ1n) is 5.31. The van der Waals surface area contributed by atoms with Crippen molar-refractivity contribution in [3.8, 4) is 0 Å². The molecule has 0 aliphatic heterocycles. The van der Waals surface area contributed by atoms with Crippen molar-refractivity contribution >= 4 is 0 Å². The van der Waals surface area contributed by atoms with E-state index in [0.29, 0.717) is 12.6 Å². The third-order valence-corrected chi connectivity index (χ3v) is 1.82. The summed E-state index contributed by atoms with van der Waals surface area (Å²) in [5, 5.41) is 0. The topological polar surface area (TPSA) is 52.0 Å². The second kappa shape index (κ2) is 9.44. The molecule has 2 nitrogen and oxygen atoms in total. The van der Waals surface area contributed by atoms with Crippen LogP contribution in [0.25, 0.3) is 0 Å². The standard InChI is InChI=1S/C7H9N.C6H13N/c8-6-7-4-2-1-3-5-7;1-3-4-5-6(2)7/h1-5H,6,8H2;3-4,6H,5,7H2,1-2H3/b;4-3+. The van der Waals surface area contributed by atoms with Gasteiger partial charge in [-0.1, -0.05) is 42.5 Å². The highest BCUT2D eigenvalue weighted by molar-refractivity contribution is 5.13. The Morgan fingerprint density at radius 1 is 1.27 bits per heavy atom. The molecule has 0 saturated carbocycles. The average Bonchev–Trinajstić information content (AvgIpc) is 2.28. The summed E-state index contributed by atoms with van der Waals surface area (Å²) in [6.45, 7) is 4.64. The number of hydrogen-bond donors (Lipinski definition) is 2. The zero-order valence-electron chi connectivity index (χ0n) is 9.69. The molecule has 0 aliphatic carbocycles. The van der Waals surface area contributed by atoms with Gasteiger partial charge in [-0.15, -0.1) is 0 Å². The highest BCUT2D eigenvalue weighted by atomic mass is 14.6. The van der Waals surface area contributed by atoms with E-state index in [2.05, 4.69) is 6.08 Å². The zero-order valence-corrected chi connectivity index (χ0v) is 9.69. The van der Waals surface area contributed by atoms with Crippen LogP contribution in [-0.2, 0) is 6.54 Å². The van der Waals surface area contributed by atoms with Crippen LogP contribution >= 0.6 is 0 Å². The minimum atomic E-state index is 0.316. The fourth-order valence-electron chi connectivity index (χ4n) is 0.965.